The van der Waals surface area contributed by atoms with Crippen LogP contribution in [0.3, 0.4) is 0 Å². The highest BCUT2D eigenvalue weighted by molar-refractivity contribution is 7.09. The van der Waals surface area contributed by atoms with Gasteiger partial charge in [-0.15, -0.1) is 11.3 Å². The Morgan fingerprint density at radius 3 is 2.92 bits per heavy atom. The van der Waals surface area contributed by atoms with E-state index in [1.165, 1.54) is 5.56 Å². The van der Waals surface area contributed by atoms with E-state index in [0.717, 1.165) is 40.7 Å². The zero-order valence-electron chi connectivity index (χ0n) is 14.1. The minimum absolute atomic E-state index is 0.281. The molecule has 25 heavy (non-hydrogen) atoms. The fourth-order valence-electron chi connectivity index (χ4n) is 3.05. The lowest BCUT2D eigenvalue weighted by Gasteiger charge is -2.27. The van der Waals surface area contributed by atoms with Gasteiger partial charge in [0.15, 0.2) is 11.5 Å². The summed E-state index contributed by atoms with van der Waals surface area (Å²) in [6.45, 7) is 1.40. The SMILES string of the molecule is COc1cccc2c1OC[C@@H](NCc1nc(-c3ccccc3)cs1)C2. The summed E-state index contributed by atoms with van der Waals surface area (Å²) < 4.78 is 11.3. The van der Waals surface area contributed by atoms with Crippen molar-refractivity contribution in [1.29, 1.82) is 0 Å². The third-order valence-electron chi connectivity index (χ3n) is 4.34. The number of nitrogens with one attached hydrogen (secondary N) is 1. The molecular weight excluding hydrogens is 332 g/mol. The van der Waals surface area contributed by atoms with Crippen molar-refractivity contribution in [3.05, 3.63) is 64.5 Å². The van der Waals surface area contributed by atoms with Crippen molar-refractivity contribution in [1.82, 2.24) is 10.3 Å². The number of nitrogens with zero attached hydrogens (tertiary/aromatic N) is 1. The molecule has 0 spiro atoms. The Bertz CT molecular complexity index is 848. The fraction of sp³-hybridized carbons (Fsp3) is 0.250. The van der Waals surface area contributed by atoms with E-state index in [2.05, 4.69) is 28.9 Å². The van der Waals surface area contributed by atoms with Crippen LogP contribution in [0, 0.1) is 0 Å². The van der Waals surface area contributed by atoms with E-state index in [9.17, 15) is 0 Å². The lowest BCUT2D eigenvalue weighted by molar-refractivity contribution is 0.226. The highest BCUT2D eigenvalue weighted by Gasteiger charge is 2.22. The number of hydrogen-bond acceptors (Lipinski definition) is 5. The number of aromatic nitrogens is 1. The van der Waals surface area contributed by atoms with Crippen molar-refractivity contribution in [2.75, 3.05) is 13.7 Å². The first-order valence-corrected chi connectivity index (χ1v) is 9.23. The zero-order valence-corrected chi connectivity index (χ0v) is 14.9. The van der Waals surface area contributed by atoms with Crippen molar-refractivity contribution in [3.63, 3.8) is 0 Å². The minimum Gasteiger partial charge on any atom is -0.493 e. The second-order valence-electron chi connectivity index (χ2n) is 6.03. The summed E-state index contributed by atoms with van der Waals surface area (Å²) in [6, 6.07) is 16.6. The van der Waals surface area contributed by atoms with Gasteiger partial charge in [-0.3, -0.25) is 0 Å². The quantitative estimate of drug-likeness (QED) is 0.756. The summed E-state index contributed by atoms with van der Waals surface area (Å²) in [4.78, 5) is 4.73. The van der Waals surface area contributed by atoms with E-state index in [1.54, 1.807) is 18.4 Å². The number of fused-ring (bicyclic) bond motifs is 1. The van der Waals surface area contributed by atoms with Gasteiger partial charge in [0.05, 0.1) is 12.8 Å². The molecule has 0 saturated carbocycles. The number of rotatable bonds is 5. The average molecular weight is 352 g/mol. The van der Waals surface area contributed by atoms with Crippen LogP contribution in [-0.2, 0) is 13.0 Å². The smallest absolute Gasteiger partial charge is 0.164 e. The molecule has 4 nitrogen and oxygen atoms in total. The molecule has 1 aromatic heterocycles. The number of benzene rings is 2. The van der Waals surface area contributed by atoms with Crippen molar-refractivity contribution in [3.8, 4) is 22.8 Å². The molecule has 1 aliphatic rings. The van der Waals surface area contributed by atoms with Crippen LogP contribution in [0.4, 0.5) is 0 Å². The highest BCUT2D eigenvalue weighted by atomic mass is 32.1. The van der Waals surface area contributed by atoms with E-state index >= 15 is 0 Å². The molecule has 0 aliphatic carbocycles. The molecule has 2 heterocycles. The average Bonchev–Trinajstić information content (AvgIpc) is 3.15. The third kappa shape index (κ3) is 3.52. The zero-order chi connectivity index (χ0) is 17.1. The fourth-order valence-corrected chi connectivity index (χ4v) is 3.81. The Balaban J connectivity index is 1.39. The van der Waals surface area contributed by atoms with Crippen molar-refractivity contribution < 1.29 is 9.47 Å². The van der Waals surface area contributed by atoms with E-state index in [4.69, 9.17) is 14.5 Å². The molecule has 4 rings (SSSR count). The van der Waals surface area contributed by atoms with Gasteiger partial charge >= 0.3 is 0 Å². The standard InChI is InChI=1S/C20H20N2O2S/c1-23-18-9-5-8-15-10-16(12-24-20(15)18)21-11-19-22-17(13-25-19)14-6-3-2-4-7-14/h2-9,13,16,21H,10-12H2,1H3/t16-/m0/s1. The van der Waals surface area contributed by atoms with Crippen LogP contribution in [0.2, 0.25) is 0 Å². The van der Waals surface area contributed by atoms with Crippen molar-refractivity contribution in [2.45, 2.75) is 19.0 Å². The van der Waals surface area contributed by atoms with E-state index in [-0.39, 0.29) is 6.04 Å². The molecule has 0 radical (unpaired) electrons. The maximum Gasteiger partial charge on any atom is 0.164 e. The molecule has 1 atom stereocenters. The maximum absolute atomic E-state index is 5.92. The Morgan fingerprint density at radius 2 is 2.08 bits per heavy atom. The molecule has 0 saturated heterocycles. The van der Waals surface area contributed by atoms with Gasteiger partial charge < -0.3 is 14.8 Å². The van der Waals surface area contributed by atoms with Gasteiger partial charge in [-0.1, -0.05) is 42.5 Å². The van der Waals surface area contributed by atoms with Gasteiger partial charge in [0.1, 0.15) is 11.6 Å². The highest BCUT2D eigenvalue weighted by Crippen LogP contribution is 2.34. The first-order chi connectivity index (χ1) is 12.3. The van der Waals surface area contributed by atoms with Gasteiger partial charge in [-0.25, -0.2) is 4.98 Å². The van der Waals surface area contributed by atoms with E-state index in [1.807, 2.05) is 30.3 Å². The van der Waals surface area contributed by atoms with Crippen LogP contribution in [0.15, 0.2) is 53.9 Å². The summed E-state index contributed by atoms with van der Waals surface area (Å²) >= 11 is 1.69. The summed E-state index contributed by atoms with van der Waals surface area (Å²) in [5, 5.41) is 6.77. The van der Waals surface area contributed by atoms with E-state index < -0.39 is 0 Å². The predicted octanol–water partition coefficient (Wildman–Crippen LogP) is 3.91. The molecule has 128 valence electrons. The summed E-state index contributed by atoms with van der Waals surface area (Å²) in [6.07, 6.45) is 0.934. The van der Waals surface area contributed by atoms with Gasteiger partial charge in [-0.05, 0) is 18.1 Å². The maximum atomic E-state index is 5.92. The van der Waals surface area contributed by atoms with Crippen LogP contribution in [0.5, 0.6) is 11.5 Å². The normalized spacial score (nSPS) is 16.1. The molecule has 2 aromatic carbocycles. The van der Waals surface area contributed by atoms with Crippen molar-refractivity contribution in [2.24, 2.45) is 0 Å². The summed E-state index contributed by atoms with van der Waals surface area (Å²) in [7, 11) is 1.68. The van der Waals surface area contributed by atoms with Crippen LogP contribution >= 0.6 is 11.3 Å². The summed E-state index contributed by atoms with van der Waals surface area (Å²) in [5.41, 5.74) is 3.39. The Morgan fingerprint density at radius 1 is 1.20 bits per heavy atom. The van der Waals surface area contributed by atoms with Gasteiger partial charge in [0, 0.05) is 23.5 Å². The molecule has 1 N–H and O–H groups in total. The van der Waals surface area contributed by atoms with Crippen LogP contribution in [0.25, 0.3) is 11.3 Å². The van der Waals surface area contributed by atoms with Crippen LogP contribution in [0.1, 0.15) is 10.6 Å². The Kier molecular flexibility index (Phi) is 4.68. The van der Waals surface area contributed by atoms with Crippen LogP contribution in [-0.4, -0.2) is 24.7 Å². The minimum atomic E-state index is 0.281. The lowest BCUT2D eigenvalue weighted by atomic mass is 10.0. The largest absolute Gasteiger partial charge is 0.493 e. The molecule has 0 bridgehead atoms. The third-order valence-corrected chi connectivity index (χ3v) is 5.19. The number of ether oxygens (including phenoxy) is 2. The molecule has 0 unspecified atom stereocenters. The number of hydrogen-bond donors (Lipinski definition) is 1. The van der Waals surface area contributed by atoms with Gasteiger partial charge in [0.2, 0.25) is 0 Å². The molecular formula is C20H20N2O2S. The monoisotopic (exact) mass is 352 g/mol. The molecule has 0 amide bonds. The van der Waals surface area contributed by atoms with Gasteiger partial charge in [-0.2, -0.15) is 0 Å². The van der Waals surface area contributed by atoms with Gasteiger partial charge in [0.25, 0.3) is 0 Å². The second kappa shape index (κ2) is 7.25. The van der Waals surface area contributed by atoms with E-state index in [0.29, 0.717) is 6.61 Å². The molecule has 3 aromatic rings. The Hall–Kier alpha value is -2.37. The van der Waals surface area contributed by atoms with Crippen LogP contribution < -0.4 is 14.8 Å². The molecule has 5 heteroatoms. The first kappa shape index (κ1) is 16.1. The topological polar surface area (TPSA) is 43.4 Å². The molecule has 1 aliphatic heterocycles. The molecule has 0 fully saturated rings. The number of methoxy groups -OCH3 is 1. The second-order valence-corrected chi connectivity index (χ2v) is 6.98. The van der Waals surface area contributed by atoms with Crippen molar-refractivity contribution >= 4 is 11.3 Å². The lowest BCUT2D eigenvalue weighted by Crippen LogP contribution is -2.38. The number of thiazole rings is 1. The Labute approximate surface area is 151 Å². The number of para-hydroxylation sites is 1. The summed E-state index contributed by atoms with van der Waals surface area (Å²) in [5.74, 6) is 1.69. The predicted molar refractivity (Wildman–Crippen MR) is 100 cm³/mol. The first-order valence-electron chi connectivity index (χ1n) is 8.35.